The van der Waals surface area contributed by atoms with Crippen LogP contribution in [-0.4, -0.2) is 65.3 Å². The maximum atomic E-state index is 13.9. The number of likely N-dealkylation sites (tertiary alicyclic amines) is 1. The standard InChI is InChI=1S/C33H37N5O5/c1-33(2,3)29(34)31(41)37-17-16-26-28(37)24(30(40)36-25-15-9-13-22-12-7-8-14-23(22)25)19-38(26)27(39)18-35-32(42)43-20-21-10-5-4-6-11-21/h4-16,24,28-29H,17-20,34H2,1-3H3,(H,35,42)(H,36,40). The van der Waals surface area contributed by atoms with Crippen molar-refractivity contribution in [2.45, 2.75) is 39.5 Å². The Balaban J connectivity index is 1.33. The monoisotopic (exact) mass is 583 g/mol. The van der Waals surface area contributed by atoms with Crippen molar-refractivity contribution in [3.8, 4) is 0 Å². The molecule has 3 unspecified atom stereocenters. The summed E-state index contributed by atoms with van der Waals surface area (Å²) in [6, 6.07) is 21.1. The quantitative estimate of drug-likeness (QED) is 0.389. The van der Waals surface area contributed by atoms with E-state index in [0.29, 0.717) is 11.4 Å². The molecule has 3 aromatic rings. The summed E-state index contributed by atoms with van der Waals surface area (Å²) in [6.07, 6.45) is 1.06. The highest BCUT2D eigenvalue weighted by Gasteiger charge is 2.51. The average molecular weight is 584 g/mol. The molecule has 0 saturated carbocycles. The molecule has 0 aliphatic carbocycles. The van der Waals surface area contributed by atoms with Gasteiger partial charge in [0.25, 0.3) is 0 Å². The van der Waals surface area contributed by atoms with Crippen molar-refractivity contribution >= 4 is 40.3 Å². The van der Waals surface area contributed by atoms with Crippen molar-refractivity contribution < 1.29 is 23.9 Å². The van der Waals surface area contributed by atoms with E-state index in [9.17, 15) is 19.2 Å². The number of hydrogen-bond donors (Lipinski definition) is 3. The van der Waals surface area contributed by atoms with Crippen molar-refractivity contribution in [1.82, 2.24) is 15.1 Å². The number of nitrogens with one attached hydrogen (secondary N) is 2. The van der Waals surface area contributed by atoms with E-state index in [4.69, 9.17) is 10.5 Å². The molecule has 0 radical (unpaired) electrons. The fourth-order valence-electron chi connectivity index (χ4n) is 5.51. The smallest absolute Gasteiger partial charge is 0.407 e. The molecule has 2 aliphatic heterocycles. The number of nitrogens with two attached hydrogens (primary N) is 1. The third-order valence-electron chi connectivity index (χ3n) is 7.97. The van der Waals surface area contributed by atoms with Gasteiger partial charge in [0.2, 0.25) is 17.7 Å². The molecule has 5 rings (SSSR count). The molecule has 1 fully saturated rings. The topological polar surface area (TPSA) is 134 Å². The summed E-state index contributed by atoms with van der Waals surface area (Å²) in [6.45, 7) is 5.66. The Bertz CT molecular complexity index is 1560. The summed E-state index contributed by atoms with van der Waals surface area (Å²) in [4.78, 5) is 56.2. The fourth-order valence-corrected chi connectivity index (χ4v) is 5.51. The number of hydrogen-bond acceptors (Lipinski definition) is 6. The Kier molecular flexibility index (Phi) is 8.50. The lowest BCUT2D eigenvalue weighted by Crippen LogP contribution is -2.54. The van der Waals surface area contributed by atoms with Crippen LogP contribution in [-0.2, 0) is 25.7 Å². The van der Waals surface area contributed by atoms with E-state index >= 15 is 0 Å². The molecular formula is C33H37N5O5. The fraction of sp³-hybridized carbons (Fsp3) is 0.333. The van der Waals surface area contributed by atoms with Crippen LogP contribution in [0.1, 0.15) is 26.3 Å². The van der Waals surface area contributed by atoms with Gasteiger partial charge in [-0.1, -0.05) is 87.5 Å². The number of ether oxygens (including phenoxy) is 1. The van der Waals surface area contributed by atoms with E-state index in [-0.39, 0.29) is 38.1 Å². The van der Waals surface area contributed by atoms with E-state index in [0.717, 1.165) is 16.3 Å². The van der Waals surface area contributed by atoms with Gasteiger partial charge < -0.3 is 30.9 Å². The average Bonchev–Trinajstić information content (AvgIpc) is 3.59. The molecule has 10 nitrogen and oxygen atoms in total. The predicted molar refractivity (Wildman–Crippen MR) is 163 cm³/mol. The van der Waals surface area contributed by atoms with Crippen LogP contribution in [0.5, 0.6) is 0 Å². The molecular weight excluding hydrogens is 546 g/mol. The molecule has 4 N–H and O–H groups in total. The zero-order valence-corrected chi connectivity index (χ0v) is 24.6. The first kappa shape index (κ1) is 29.8. The van der Waals surface area contributed by atoms with E-state index < -0.39 is 35.4 Å². The van der Waals surface area contributed by atoms with Gasteiger partial charge >= 0.3 is 6.09 Å². The first-order chi connectivity index (χ1) is 20.5. The molecule has 1 saturated heterocycles. The minimum absolute atomic E-state index is 0.0429. The number of fused-ring (bicyclic) bond motifs is 2. The van der Waals surface area contributed by atoms with Gasteiger partial charge in [-0.25, -0.2) is 4.79 Å². The first-order valence-corrected chi connectivity index (χ1v) is 14.3. The van der Waals surface area contributed by atoms with Crippen LogP contribution in [0.25, 0.3) is 10.8 Å². The van der Waals surface area contributed by atoms with Crippen LogP contribution in [0, 0.1) is 11.3 Å². The SMILES string of the molecule is CC(C)(C)C(N)C(=O)N1CC=C2C1C(C(=O)Nc1cccc3ccccc13)CN2C(=O)CNC(=O)OCc1ccccc1. The first-order valence-electron chi connectivity index (χ1n) is 14.3. The van der Waals surface area contributed by atoms with E-state index in [1.807, 2.05) is 93.6 Å². The summed E-state index contributed by atoms with van der Waals surface area (Å²) in [5.74, 6) is -1.77. The van der Waals surface area contributed by atoms with Gasteiger partial charge in [0, 0.05) is 29.9 Å². The van der Waals surface area contributed by atoms with Gasteiger partial charge in [-0.2, -0.15) is 0 Å². The number of alkyl carbamates (subject to hydrolysis) is 1. The largest absolute Gasteiger partial charge is 0.445 e. The second kappa shape index (κ2) is 12.3. The Labute approximate surface area is 250 Å². The van der Waals surface area contributed by atoms with E-state index in [2.05, 4.69) is 10.6 Å². The summed E-state index contributed by atoms with van der Waals surface area (Å²) < 4.78 is 5.23. The molecule has 3 aromatic carbocycles. The predicted octanol–water partition coefficient (Wildman–Crippen LogP) is 3.63. The number of nitrogens with zero attached hydrogens (tertiary/aromatic N) is 2. The summed E-state index contributed by atoms with van der Waals surface area (Å²) in [7, 11) is 0. The third-order valence-corrected chi connectivity index (χ3v) is 7.97. The van der Waals surface area contributed by atoms with Crippen LogP contribution in [0.2, 0.25) is 0 Å². The van der Waals surface area contributed by atoms with Crippen molar-refractivity contribution in [2.24, 2.45) is 17.1 Å². The number of amides is 4. The molecule has 0 spiro atoms. The molecule has 0 bridgehead atoms. The highest BCUT2D eigenvalue weighted by Crippen LogP contribution is 2.38. The van der Waals surface area contributed by atoms with Gasteiger partial charge in [-0.15, -0.1) is 0 Å². The van der Waals surface area contributed by atoms with Crippen molar-refractivity contribution in [3.63, 3.8) is 0 Å². The number of carbonyl (C=O) groups is 4. The minimum Gasteiger partial charge on any atom is -0.445 e. The molecule has 0 aromatic heterocycles. The van der Waals surface area contributed by atoms with Crippen LogP contribution >= 0.6 is 0 Å². The lowest BCUT2D eigenvalue weighted by molar-refractivity contribution is -0.137. The van der Waals surface area contributed by atoms with Gasteiger partial charge in [-0.3, -0.25) is 14.4 Å². The van der Waals surface area contributed by atoms with Crippen molar-refractivity contribution in [3.05, 3.63) is 90.1 Å². The number of anilines is 1. The van der Waals surface area contributed by atoms with Gasteiger partial charge in [0.15, 0.2) is 0 Å². The minimum atomic E-state index is -0.798. The number of rotatable bonds is 7. The Morgan fingerprint density at radius 1 is 0.977 bits per heavy atom. The molecule has 2 heterocycles. The van der Waals surface area contributed by atoms with E-state index in [1.54, 1.807) is 11.0 Å². The Morgan fingerprint density at radius 2 is 1.67 bits per heavy atom. The molecule has 4 amide bonds. The maximum absolute atomic E-state index is 13.9. The van der Waals surface area contributed by atoms with Crippen LogP contribution in [0.4, 0.5) is 10.5 Å². The Morgan fingerprint density at radius 3 is 2.42 bits per heavy atom. The van der Waals surface area contributed by atoms with Crippen LogP contribution < -0.4 is 16.4 Å². The molecule has 43 heavy (non-hydrogen) atoms. The molecule has 224 valence electrons. The van der Waals surface area contributed by atoms with Crippen molar-refractivity contribution in [1.29, 1.82) is 0 Å². The van der Waals surface area contributed by atoms with Gasteiger partial charge in [0.05, 0.1) is 18.0 Å². The number of carbonyl (C=O) groups excluding carboxylic acids is 4. The summed E-state index contributed by atoms with van der Waals surface area (Å²) in [5, 5.41) is 7.40. The number of benzene rings is 3. The Hall–Kier alpha value is -4.70. The summed E-state index contributed by atoms with van der Waals surface area (Å²) in [5.41, 5.74) is 7.87. The zero-order valence-electron chi connectivity index (χ0n) is 24.6. The third kappa shape index (κ3) is 6.39. The second-order valence-electron chi connectivity index (χ2n) is 12.0. The second-order valence-corrected chi connectivity index (χ2v) is 12.0. The van der Waals surface area contributed by atoms with E-state index in [1.165, 1.54) is 4.90 Å². The summed E-state index contributed by atoms with van der Waals surface area (Å²) >= 11 is 0. The molecule has 3 atom stereocenters. The zero-order chi connectivity index (χ0) is 30.7. The van der Waals surface area contributed by atoms with Crippen LogP contribution in [0.15, 0.2) is 84.6 Å². The highest BCUT2D eigenvalue weighted by molar-refractivity contribution is 6.04. The van der Waals surface area contributed by atoms with Crippen molar-refractivity contribution in [2.75, 3.05) is 25.0 Å². The lowest BCUT2D eigenvalue weighted by atomic mass is 9.86. The molecule has 2 aliphatic rings. The molecule has 10 heteroatoms. The van der Waals surface area contributed by atoms with Gasteiger partial charge in [0.1, 0.15) is 13.2 Å². The normalized spacial score (nSPS) is 18.6. The highest BCUT2D eigenvalue weighted by atomic mass is 16.5. The maximum Gasteiger partial charge on any atom is 0.407 e. The van der Waals surface area contributed by atoms with Crippen LogP contribution in [0.3, 0.4) is 0 Å². The lowest BCUT2D eigenvalue weighted by Gasteiger charge is -2.34. The van der Waals surface area contributed by atoms with Gasteiger partial charge in [-0.05, 0) is 28.5 Å².